The monoisotopic (exact) mass is 203 g/mol. The van der Waals surface area contributed by atoms with Crippen LogP contribution in [0.15, 0.2) is 12.1 Å². The Morgan fingerprint density at radius 1 is 1.53 bits per heavy atom. The van der Waals surface area contributed by atoms with E-state index in [-0.39, 0.29) is 11.1 Å². The second kappa shape index (κ2) is 4.38. The Kier molecular flexibility index (Phi) is 3.19. The third-order valence-corrected chi connectivity index (χ3v) is 2.16. The number of carbonyl (C=O) groups is 2. The number of hydrogen-bond donors (Lipinski definition) is 0. The minimum atomic E-state index is -0.579. The molecule has 4 heteroatoms. The highest BCUT2D eigenvalue weighted by atomic mass is 16.5. The summed E-state index contributed by atoms with van der Waals surface area (Å²) in [6, 6.07) is 4.86. The van der Waals surface area contributed by atoms with Gasteiger partial charge >= 0.3 is 5.97 Å². The largest absolute Gasteiger partial charge is 0.465 e. The Balaban J connectivity index is 3.45. The maximum Gasteiger partial charge on any atom is 0.338 e. The number of ether oxygens (including phenoxy) is 1. The summed E-state index contributed by atoms with van der Waals surface area (Å²) >= 11 is 0. The van der Waals surface area contributed by atoms with E-state index in [1.54, 1.807) is 6.92 Å². The fourth-order valence-corrected chi connectivity index (χ4v) is 1.29. The van der Waals surface area contributed by atoms with Crippen molar-refractivity contribution in [1.82, 2.24) is 0 Å². The summed E-state index contributed by atoms with van der Waals surface area (Å²) in [4.78, 5) is 22.1. The Labute approximate surface area is 87.1 Å². The van der Waals surface area contributed by atoms with Crippen LogP contribution in [0.25, 0.3) is 0 Å². The van der Waals surface area contributed by atoms with Crippen LogP contribution in [0.4, 0.5) is 0 Å². The molecule has 0 bridgehead atoms. The van der Waals surface area contributed by atoms with Crippen molar-refractivity contribution >= 4 is 12.3 Å². The van der Waals surface area contributed by atoms with E-state index in [2.05, 4.69) is 4.74 Å². The summed E-state index contributed by atoms with van der Waals surface area (Å²) in [6.45, 7) is 1.62. The predicted molar refractivity (Wildman–Crippen MR) is 52.6 cm³/mol. The molecule has 1 aromatic carbocycles. The summed E-state index contributed by atoms with van der Waals surface area (Å²) in [5.74, 6) is -0.579. The van der Waals surface area contributed by atoms with Crippen molar-refractivity contribution in [2.75, 3.05) is 7.11 Å². The van der Waals surface area contributed by atoms with Gasteiger partial charge in [0.25, 0.3) is 0 Å². The first-order valence-electron chi connectivity index (χ1n) is 4.23. The zero-order valence-corrected chi connectivity index (χ0v) is 8.40. The number of nitrogens with zero attached hydrogens (tertiary/aromatic N) is 1. The van der Waals surface area contributed by atoms with Gasteiger partial charge < -0.3 is 4.74 Å². The van der Waals surface area contributed by atoms with E-state index in [4.69, 9.17) is 5.26 Å². The third-order valence-electron chi connectivity index (χ3n) is 2.16. The Bertz CT molecular complexity index is 458. The molecule has 0 unspecified atom stereocenters. The fourth-order valence-electron chi connectivity index (χ4n) is 1.29. The number of hydrogen-bond acceptors (Lipinski definition) is 4. The van der Waals surface area contributed by atoms with Gasteiger partial charge in [0.15, 0.2) is 6.29 Å². The molecule has 0 aliphatic rings. The van der Waals surface area contributed by atoms with E-state index >= 15 is 0 Å². The van der Waals surface area contributed by atoms with Crippen LogP contribution in [0.5, 0.6) is 0 Å². The van der Waals surface area contributed by atoms with Gasteiger partial charge in [0.05, 0.1) is 24.3 Å². The molecule has 0 spiro atoms. The molecule has 0 aliphatic carbocycles. The SMILES string of the molecule is COC(=O)c1ccc(C#N)c(C)c1C=O. The topological polar surface area (TPSA) is 67.2 Å². The van der Waals surface area contributed by atoms with Gasteiger partial charge in [-0.3, -0.25) is 4.79 Å². The van der Waals surface area contributed by atoms with Gasteiger partial charge in [-0.05, 0) is 24.6 Å². The van der Waals surface area contributed by atoms with E-state index < -0.39 is 5.97 Å². The Hall–Kier alpha value is -2.15. The highest BCUT2D eigenvalue weighted by Crippen LogP contribution is 2.17. The predicted octanol–water partition coefficient (Wildman–Crippen LogP) is 1.47. The first-order chi connectivity index (χ1) is 7.15. The maximum absolute atomic E-state index is 11.3. The first kappa shape index (κ1) is 10.9. The summed E-state index contributed by atoms with van der Waals surface area (Å²) in [5, 5.41) is 8.74. The van der Waals surface area contributed by atoms with E-state index in [1.165, 1.54) is 19.2 Å². The summed E-state index contributed by atoms with van der Waals surface area (Å²) in [5.41, 5.74) is 1.27. The molecule has 76 valence electrons. The molecular formula is C11H9NO3. The van der Waals surface area contributed by atoms with Crippen LogP contribution < -0.4 is 0 Å². The van der Waals surface area contributed by atoms with E-state index in [0.29, 0.717) is 17.4 Å². The number of aldehydes is 1. The molecule has 0 saturated carbocycles. The van der Waals surface area contributed by atoms with Crippen LogP contribution in [-0.2, 0) is 4.74 Å². The second-order valence-electron chi connectivity index (χ2n) is 2.92. The minimum absolute atomic E-state index is 0.184. The summed E-state index contributed by atoms with van der Waals surface area (Å²) in [6.07, 6.45) is 0.558. The average molecular weight is 203 g/mol. The Morgan fingerprint density at radius 2 is 2.20 bits per heavy atom. The second-order valence-corrected chi connectivity index (χ2v) is 2.92. The highest BCUT2D eigenvalue weighted by Gasteiger charge is 2.15. The molecule has 0 saturated heterocycles. The highest BCUT2D eigenvalue weighted by molar-refractivity contribution is 5.99. The molecule has 0 radical (unpaired) electrons. The molecule has 1 rings (SSSR count). The zero-order valence-electron chi connectivity index (χ0n) is 8.40. The molecule has 0 fully saturated rings. The number of methoxy groups -OCH3 is 1. The number of esters is 1. The number of carbonyl (C=O) groups excluding carboxylic acids is 2. The summed E-state index contributed by atoms with van der Waals surface area (Å²) in [7, 11) is 1.24. The van der Waals surface area contributed by atoms with E-state index in [0.717, 1.165) is 0 Å². The lowest BCUT2D eigenvalue weighted by Gasteiger charge is -2.06. The molecule has 0 N–H and O–H groups in total. The average Bonchev–Trinajstić information content (AvgIpc) is 2.27. The maximum atomic E-state index is 11.3. The van der Waals surface area contributed by atoms with Crippen molar-refractivity contribution in [3.63, 3.8) is 0 Å². The smallest absolute Gasteiger partial charge is 0.338 e. The number of rotatable bonds is 2. The standard InChI is InChI=1S/C11H9NO3/c1-7-8(5-12)3-4-9(10(7)6-13)11(14)15-2/h3-4,6H,1-2H3. The van der Waals surface area contributed by atoms with Gasteiger partial charge in [0.1, 0.15) is 0 Å². The van der Waals surface area contributed by atoms with Crippen LogP contribution in [0.2, 0.25) is 0 Å². The van der Waals surface area contributed by atoms with Gasteiger partial charge in [-0.25, -0.2) is 4.79 Å². The lowest BCUT2D eigenvalue weighted by molar-refractivity contribution is 0.0598. The molecule has 0 aromatic heterocycles. The number of benzene rings is 1. The van der Waals surface area contributed by atoms with Crippen molar-refractivity contribution in [3.05, 3.63) is 34.4 Å². The quantitative estimate of drug-likeness (QED) is 0.539. The van der Waals surface area contributed by atoms with Crippen LogP contribution >= 0.6 is 0 Å². The van der Waals surface area contributed by atoms with Gasteiger partial charge in [-0.1, -0.05) is 0 Å². The van der Waals surface area contributed by atoms with Crippen molar-refractivity contribution in [1.29, 1.82) is 5.26 Å². The molecule has 0 amide bonds. The molecule has 1 aromatic rings. The van der Waals surface area contributed by atoms with Crippen molar-refractivity contribution in [2.45, 2.75) is 6.92 Å². The van der Waals surface area contributed by atoms with Crippen LogP contribution in [0.1, 0.15) is 31.8 Å². The first-order valence-corrected chi connectivity index (χ1v) is 4.23. The van der Waals surface area contributed by atoms with Gasteiger partial charge in [0, 0.05) is 5.56 Å². The molecule has 15 heavy (non-hydrogen) atoms. The van der Waals surface area contributed by atoms with Crippen molar-refractivity contribution < 1.29 is 14.3 Å². The van der Waals surface area contributed by atoms with Crippen molar-refractivity contribution in [3.8, 4) is 6.07 Å². The lowest BCUT2D eigenvalue weighted by Crippen LogP contribution is -2.07. The third kappa shape index (κ3) is 1.86. The molecular weight excluding hydrogens is 194 g/mol. The Morgan fingerprint density at radius 3 is 2.67 bits per heavy atom. The normalized spacial score (nSPS) is 9.13. The van der Waals surface area contributed by atoms with Crippen molar-refractivity contribution in [2.24, 2.45) is 0 Å². The fraction of sp³-hybridized carbons (Fsp3) is 0.182. The minimum Gasteiger partial charge on any atom is -0.465 e. The van der Waals surface area contributed by atoms with Crippen LogP contribution in [-0.4, -0.2) is 19.4 Å². The molecule has 4 nitrogen and oxygen atoms in total. The molecule has 0 heterocycles. The van der Waals surface area contributed by atoms with Crippen LogP contribution in [0.3, 0.4) is 0 Å². The van der Waals surface area contributed by atoms with E-state index in [1.807, 2.05) is 6.07 Å². The van der Waals surface area contributed by atoms with Gasteiger partial charge in [0.2, 0.25) is 0 Å². The zero-order chi connectivity index (χ0) is 11.4. The van der Waals surface area contributed by atoms with Gasteiger partial charge in [-0.15, -0.1) is 0 Å². The van der Waals surface area contributed by atoms with E-state index in [9.17, 15) is 9.59 Å². The number of nitriles is 1. The molecule has 0 atom stereocenters. The van der Waals surface area contributed by atoms with Gasteiger partial charge in [-0.2, -0.15) is 5.26 Å². The molecule has 0 aliphatic heterocycles. The summed E-state index contributed by atoms with van der Waals surface area (Å²) < 4.78 is 4.53. The lowest BCUT2D eigenvalue weighted by atomic mass is 9.98. The van der Waals surface area contributed by atoms with Crippen LogP contribution in [0, 0.1) is 18.3 Å².